The van der Waals surface area contributed by atoms with Crippen molar-refractivity contribution in [2.45, 2.75) is 18.6 Å². The molecule has 5 rings (SSSR count). The van der Waals surface area contributed by atoms with Crippen LogP contribution < -0.4 is 15.8 Å². The maximum atomic E-state index is 13.4. The monoisotopic (exact) mass is 452 g/mol. The highest BCUT2D eigenvalue weighted by atomic mass is 19.1. The van der Waals surface area contributed by atoms with Gasteiger partial charge in [-0.1, -0.05) is 0 Å². The van der Waals surface area contributed by atoms with Gasteiger partial charge in [-0.25, -0.2) is 14.4 Å². The van der Waals surface area contributed by atoms with Gasteiger partial charge in [-0.3, -0.25) is 14.5 Å². The zero-order valence-electron chi connectivity index (χ0n) is 18.3. The smallest absolute Gasteiger partial charge is 0.269 e. The first-order valence-electron chi connectivity index (χ1n) is 11.0. The Morgan fingerprint density at radius 2 is 2.03 bits per heavy atom. The molecule has 1 aromatic carbocycles. The number of carbonyl (C=O) groups excluding carboxylic acids is 1. The van der Waals surface area contributed by atoms with Gasteiger partial charge in [-0.15, -0.1) is 0 Å². The third kappa shape index (κ3) is 4.31. The fourth-order valence-electron chi connectivity index (χ4n) is 4.52. The van der Waals surface area contributed by atoms with E-state index in [0.29, 0.717) is 23.6 Å². The Hall–Kier alpha value is -3.37. The van der Waals surface area contributed by atoms with Crippen molar-refractivity contribution in [3.63, 3.8) is 0 Å². The Bertz CT molecular complexity index is 1220. The van der Waals surface area contributed by atoms with Crippen LogP contribution in [0, 0.1) is 5.82 Å². The van der Waals surface area contributed by atoms with E-state index in [2.05, 4.69) is 30.1 Å². The van der Waals surface area contributed by atoms with Crippen molar-refractivity contribution in [2.24, 2.45) is 0 Å². The minimum Gasteiger partial charge on any atom is -0.369 e. The van der Waals surface area contributed by atoms with E-state index in [1.165, 1.54) is 18.2 Å². The Morgan fingerprint density at radius 3 is 2.76 bits per heavy atom. The number of aromatic nitrogens is 3. The van der Waals surface area contributed by atoms with Crippen LogP contribution in [0.4, 0.5) is 10.1 Å². The molecule has 172 valence electrons. The van der Waals surface area contributed by atoms with Crippen molar-refractivity contribution >= 4 is 22.5 Å². The third-order valence-electron chi connectivity index (χ3n) is 6.37. The molecular weight excluding hydrogens is 427 g/mol. The Balaban J connectivity index is 1.21. The van der Waals surface area contributed by atoms with Gasteiger partial charge in [0, 0.05) is 39.3 Å². The number of piperazine rings is 1. The second-order valence-electron chi connectivity index (χ2n) is 8.33. The van der Waals surface area contributed by atoms with Crippen LogP contribution in [0.1, 0.15) is 28.8 Å². The number of H-pyrrole nitrogens is 1. The normalized spacial score (nSPS) is 21.5. The predicted octanol–water partition coefficient (Wildman–Crippen LogP) is 1.47. The second kappa shape index (κ2) is 8.87. The number of pyridine rings is 1. The number of aromatic amines is 1. The summed E-state index contributed by atoms with van der Waals surface area (Å²) in [5, 5.41) is 2.81. The summed E-state index contributed by atoms with van der Waals surface area (Å²) in [5.74, 6) is -0.170. The number of carbonyl (C=O) groups is 1. The Kier molecular flexibility index (Phi) is 5.77. The number of benzene rings is 1. The molecule has 9 nitrogen and oxygen atoms in total. The number of ether oxygens (including phenoxy) is 1. The molecule has 0 saturated carbocycles. The molecule has 2 aromatic heterocycles. The molecule has 0 radical (unpaired) electrons. The van der Waals surface area contributed by atoms with E-state index in [4.69, 9.17) is 4.74 Å². The van der Waals surface area contributed by atoms with Crippen LogP contribution in [0.2, 0.25) is 0 Å². The minimum absolute atomic E-state index is 0.198. The van der Waals surface area contributed by atoms with Crippen molar-refractivity contribution in [1.82, 2.24) is 25.2 Å². The van der Waals surface area contributed by atoms with Crippen molar-refractivity contribution in [3.05, 3.63) is 64.2 Å². The molecule has 10 heteroatoms. The first-order chi connectivity index (χ1) is 16.0. The molecule has 33 heavy (non-hydrogen) atoms. The zero-order valence-corrected chi connectivity index (χ0v) is 18.3. The number of amides is 1. The van der Waals surface area contributed by atoms with Gasteiger partial charge >= 0.3 is 0 Å². The molecule has 0 aliphatic carbocycles. The highest BCUT2D eigenvalue weighted by Crippen LogP contribution is 2.30. The second-order valence-corrected chi connectivity index (χ2v) is 8.33. The fraction of sp³-hybridized carbons (Fsp3) is 0.391. The van der Waals surface area contributed by atoms with Gasteiger partial charge in [-0.05, 0) is 36.8 Å². The van der Waals surface area contributed by atoms with Crippen LogP contribution in [0.15, 0.2) is 41.3 Å². The van der Waals surface area contributed by atoms with E-state index in [-0.39, 0.29) is 29.0 Å². The fourth-order valence-corrected chi connectivity index (χ4v) is 4.52. The highest BCUT2D eigenvalue weighted by molar-refractivity contribution is 5.92. The SMILES string of the molecule is CNC(=O)c1ccc(N2CCN(C3COC(c4nc5ccc(F)cc5c(=O)[nH]4)C3)CC2)cn1. The molecule has 2 atom stereocenters. The summed E-state index contributed by atoms with van der Waals surface area (Å²) in [6, 6.07) is 7.92. The largest absolute Gasteiger partial charge is 0.369 e. The van der Waals surface area contributed by atoms with Crippen molar-refractivity contribution in [1.29, 1.82) is 0 Å². The van der Waals surface area contributed by atoms with Gasteiger partial charge in [0.25, 0.3) is 11.5 Å². The summed E-state index contributed by atoms with van der Waals surface area (Å²) in [6.07, 6.45) is 2.18. The van der Waals surface area contributed by atoms with E-state index >= 15 is 0 Å². The Morgan fingerprint density at radius 1 is 1.21 bits per heavy atom. The molecule has 0 spiro atoms. The number of fused-ring (bicyclic) bond motifs is 1. The number of halogens is 1. The van der Waals surface area contributed by atoms with Crippen LogP contribution in [-0.2, 0) is 4.74 Å². The summed E-state index contributed by atoms with van der Waals surface area (Å²) in [6.45, 7) is 4.01. The lowest BCUT2D eigenvalue weighted by molar-refractivity contribution is 0.0905. The van der Waals surface area contributed by atoms with Gasteiger partial charge in [0.2, 0.25) is 0 Å². The summed E-state index contributed by atoms with van der Waals surface area (Å²) < 4.78 is 19.4. The lowest BCUT2D eigenvalue weighted by Crippen LogP contribution is -2.50. The number of nitrogens with one attached hydrogen (secondary N) is 2. The quantitative estimate of drug-likeness (QED) is 0.618. The average Bonchev–Trinajstić information content (AvgIpc) is 3.34. The molecule has 2 aliphatic rings. The highest BCUT2D eigenvalue weighted by Gasteiger charge is 2.34. The molecule has 0 bridgehead atoms. The molecule has 2 fully saturated rings. The summed E-state index contributed by atoms with van der Waals surface area (Å²) in [7, 11) is 1.59. The van der Waals surface area contributed by atoms with Crippen LogP contribution in [0.3, 0.4) is 0 Å². The summed E-state index contributed by atoms with van der Waals surface area (Å²) >= 11 is 0. The minimum atomic E-state index is -0.461. The van der Waals surface area contributed by atoms with Crippen molar-refractivity contribution in [2.75, 3.05) is 44.7 Å². The van der Waals surface area contributed by atoms with E-state index in [1.807, 2.05) is 6.07 Å². The number of rotatable bonds is 4. The molecule has 3 aromatic rings. The topological polar surface area (TPSA) is 103 Å². The van der Waals surface area contributed by atoms with Crippen LogP contribution in [0.25, 0.3) is 10.9 Å². The van der Waals surface area contributed by atoms with Gasteiger partial charge in [-0.2, -0.15) is 0 Å². The first kappa shape index (κ1) is 21.5. The van der Waals surface area contributed by atoms with Gasteiger partial charge in [0.15, 0.2) is 0 Å². The first-order valence-corrected chi connectivity index (χ1v) is 11.0. The van der Waals surface area contributed by atoms with Crippen LogP contribution in [-0.4, -0.2) is 71.6 Å². The van der Waals surface area contributed by atoms with E-state index < -0.39 is 5.82 Å². The third-order valence-corrected chi connectivity index (χ3v) is 6.37. The van der Waals surface area contributed by atoms with Gasteiger partial charge < -0.3 is 19.9 Å². The maximum absolute atomic E-state index is 13.4. The standard InChI is InChI=1S/C23H25FN6O3/c1-25-23(32)19-5-3-15(12-26-19)29-6-8-30(9-7-29)16-11-20(33-13-16)21-27-18-4-2-14(24)10-17(18)22(31)28-21/h2-5,10,12,16,20H,6-9,11,13H2,1H3,(H,25,32)(H,27,28,31). The van der Waals surface area contributed by atoms with E-state index in [1.54, 1.807) is 19.3 Å². The number of anilines is 1. The van der Waals surface area contributed by atoms with E-state index in [9.17, 15) is 14.0 Å². The molecule has 2 saturated heterocycles. The summed E-state index contributed by atoms with van der Waals surface area (Å²) in [4.78, 5) is 40.2. The number of nitrogens with zero attached hydrogens (tertiary/aromatic N) is 4. The van der Waals surface area contributed by atoms with E-state index in [0.717, 1.165) is 38.3 Å². The predicted molar refractivity (Wildman–Crippen MR) is 121 cm³/mol. The molecule has 2 aliphatic heterocycles. The average molecular weight is 452 g/mol. The van der Waals surface area contributed by atoms with Crippen LogP contribution in [0.5, 0.6) is 0 Å². The van der Waals surface area contributed by atoms with Crippen LogP contribution >= 0.6 is 0 Å². The Labute approximate surface area is 189 Å². The molecule has 1 amide bonds. The lowest BCUT2D eigenvalue weighted by Gasteiger charge is -2.38. The molecule has 2 unspecified atom stereocenters. The molecule has 4 heterocycles. The van der Waals surface area contributed by atoms with Gasteiger partial charge in [0.05, 0.1) is 29.4 Å². The summed E-state index contributed by atoms with van der Waals surface area (Å²) in [5.41, 5.74) is 1.51. The lowest BCUT2D eigenvalue weighted by atomic mass is 10.1. The molecule has 2 N–H and O–H groups in total. The van der Waals surface area contributed by atoms with Crippen molar-refractivity contribution < 1.29 is 13.9 Å². The zero-order chi connectivity index (χ0) is 22.9. The molecular formula is C23H25FN6O3. The number of hydrogen-bond donors (Lipinski definition) is 2. The number of hydrogen-bond acceptors (Lipinski definition) is 7. The van der Waals surface area contributed by atoms with Gasteiger partial charge in [0.1, 0.15) is 23.4 Å². The maximum Gasteiger partial charge on any atom is 0.269 e. The van der Waals surface area contributed by atoms with Crippen molar-refractivity contribution in [3.8, 4) is 0 Å².